The number of anilines is 4. The Bertz CT molecular complexity index is 1020. The lowest BCUT2D eigenvalue weighted by atomic mass is 10.1. The molecular formula is C22H23N5. The summed E-state index contributed by atoms with van der Waals surface area (Å²) in [5.41, 5.74) is 15.3. The molecule has 0 amide bonds. The van der Waals surface area contributed by atoms with Gasteiger partial charge in [-0.1, -0.05) is 37.6 Å². The lowest BCUT2D eigenvalue weighted by Crippen LogP contribution is -2.20. The molecule has 27 heavy (non-hydrogen) atoms. The average molecular weight is 357 g/mol. The molecule has 136 valence electrons. The van der Waals surface area contributed by atoms with Crippen LogP contribution in [-0.4, -0.2) is 16.5 Å². The first-order valence-corrected chi connectivity index (χ1v) is 9.25. The van der Waals surface area contributed by atoms with E-state index in [4.69, 9.17) is 21.4 Å². The molecular weight excluding hydrogens is 334 g/mol. The summed E-state index contributed by atoms with van der Waals surface area (Å²) in [6.07, 6.45) is 2.12. The number of unbranched alkanes of at least 4 members (excludes halogenated alkanes) is 1. The van der Waals surface area contributed by atoms with E-state index < -0.39 is 0 Å². The Morgan fingerprint density at radius 2 is 1.26 bits per heavy atom. The van der Waals surface area contributed by atoms with Gasteiger partial charge in [0.15, 0.2) is 0 Å². The predicted molar refractivity (Wildman–Crippen MR) is 114 cm³/mol. The number of hydrogen-bond acceptors (Lipinski definition) is 5. The first kappa shape index (κ1) is 17.1. The number of aromatic nitrogens is 2. The molecule has 4 rings (SSSR count). The van der Waals surface area contributed by atoms with Crippen molar-refractivity contribution in [2.45, 2.75) is 19.8 Å². The second kappa shape index (κ2) is 7.11. The fourth-order valence-corrected chi connectivity index (χ4v) is 3.28. The van der Waals surface area contributed by atoms with Crippen LogP contribution in [0.5, 0.6) is 0 Å². The van der Waals surface area contributed by atoms with E-state index in [0.717, 1.165) is 52.8 Å². The zero-order chi connectivity index (χ0) is 18.8. The first-order chi connectivity index (χ1) is 13.2. The number of hydrogen-bond donors (Lipinski definition) is 2. The van der Waals surface area contributed by atoms with Crippen LogP contribution in [-0.2, 0) is 0 Å². The molecule has 2 aromatic carbocycles. The van der Waals surface area contributed by atoms with Crippen molar-refractivity contribution in [2.24, 2.45) is 0 Å². The SMILES string of the molecule is CCCCN(c1ccc2cccc(N)c2n1)c1ccc2cccc(N)c2n1. The molecule has 0 aliphatic carbocycles. The zero-order valence-electron chi connectivity index (χ0n) is 15.4. The minimum absolute atomic E-state index is 0.681. The summed E-state index contributed by atoms with van der Waals surface area (Å²) >= 11 is 0. The Balaban J connectivity index is 1.84. The summed E-state index contributed by atoms with van der Waals surface area (Å²) in [5.74, 6) is 1.69. The normalized spacial score (nSPS) is 11.1. The van der Waals surface area contributed by atoms with Crippen molar-refractivity contribution in [3.63, 3.8) is 0 Å². The monoisotopic (exact) mass is 357 g/mol. The van der Waals surface area contributed by atoms with E-state index >= 15 is 0 Å². The third kappa shape index (κ3) is 3.24. The van der Waals surface area contributed by atoms with E-state index in [-0.39, 0.29) is 0 Å². The van der Waals surface area contributed by atoms with Crippen LogP contribution in [0.2, 0.25) is 0 Å². The maximum absolute atomic E-state index is 6.15. The van der Waals surface area contributed by atoms with E-state index in [1.807, 2.05) is 48.5 Å². The van der Waals surface area contributed by atoms with E-state index in [1.165, 1.54) is 0 Å². The van der Waals surface area contributed by atoms with Gasteiger partial charge in [-0.15, -0.1) is 0 Å². The van der Waals surface area contributed by atoms with Gasteiger partial charge in [0.25, 0.3) is 0 Å². The number of para-hydroxylation sites is 2. The largest absolute Gasteiger partial charge is 0.397 e. The van der Waals surface area contributed by atoms with Crippen LogP contribution in [0.25, 0.3) is 21.8 Å². The Morgan fingerprint density at radius 3 is 1.74 bits per heavy atom. The topological polar surface area (TPSA) is 81.1 Å². The molecule has 4 aromatic rings. The van der Waals surface area contributed by atoms with Crippen LogP contribution in [0.4, 0.5) is 23.0 Å². The molecule has 0 fully saturated rings. The lowest BCUT2D eigenvalue weighted by Gasteiger charge is -2.23. The summed E-state index contributed by atoms with van der Waals surface area (Å²) in [6.45, 7) is 3.00. The number of nitrogens with two attached hydrogens (primary N) is 2. The Labute approximate surface area is 158 Å². The van der Waals surface area contributed by atoms with Crippen LogP contribution in [0.3, 0.4) is 0 Å². The highest BCUT2D eigenvalue weighted by atomic mass is 15.2. The highest BCUT2D eigenvalue weighted by Gasteiger charge is 2.14. The second-order valence-electron chi connectivity index (χ2n) is 6.68. The maximum Gasteiger partial charge on any atom is 0.134 e. The third-order valence-corrected chi connectivity index (χ3v) is 4.76. The van der Waals surface area contributed by atoms with Gasteiger partial charge in [-0.3, -0.25) is 0 Å². The van der Waals surface area contributed by atoms with Gasteiger partial charge in [0, 0.05) is 17.3 Å². The van der Waals surface area contributed by atoms with Crippen molar-refractivity contribution in [1.82, 2.24) is 9.97 Å². The van der Waals surface area contributed by atoms with Crippen molar-refractivity contribution < 1.29 is 0 Å². The number of rotatable bonds is 5. The third-order valence-electron chi connectivity index (χ3n) is 4.76. The molecule has 0 saturated heterocycles. The second-order valence-corrected chi connectivity index (χ2v) is 6.68. The summed E-state index contributed by atoms with van der Waals surface area (Å²) in [5, 5.41) is 2.06. The molecule has 0 radical (unpaired) electrons. The molecule has 0 aliphatic rings. The van der Waals surface area contributed by atoms with E-state index in [0.29, 0.717) is 11.4 Å². The smallest absolute Gasteiger partial charge is 0.134 e. The van der Waals surface area contributed by atoms with Gasteiger partial charge in [-0.2, -0.15) is 0 Å². The van der Waals surface area contributed by atoms with Gasteiger partial charge in [0.2, 0.25) is 0 Å². The summed E-state index contributed by atoms with van der Waals surface area (Å²) < 4.78 is 0. The molecule has 0 unspecified atom stereocenters. The minimum Gasteiger partial charge on any atom is -0.397 e. The summed E-state index contributed by atoms with van der Waals surface area (Å²) in [6, 6.07) is 19.9. The number of fused-ring (bicyclic) bond motifs is 2. The molecule has 4 N–H and O–H groups in total. The van der Waals surface area contributed by atoms with Gasteiger partial charge in [0.1, 0.15) is 11.6 Å². The van der Waals surface area contributed by atoms with Gasteiger partial charge >= 0.3 is 0 Å². The predicted octanol–water partition coefficient (Wildman–Crippen LogP) is 4.89. The maximum atomic E-state index is 6.15. The van der Waals surface area contributed by atoms with Gasteiger partial charge in [0.05, 0.1) is 22.4 Å². The Kier molecular flexibility index (Phi) is 4.50. The average Bonchev–Trinajstić information content (AvgIpc) is 2.69. The molecule has 5 nitrogen and oxygen atoms in total. The molecule has 2 heterocycles. The zero-order valence-corrected chi connectivity index (χ0v) is 15.4. The number of nitrogens with zero attached hydrogens (tertiary/aromatic N) is 3. The van der Waals surface area contributed by atoms with Crippen molar-refractivity contribution in [3.8, 4) is 0 Å². The standard InChI is InChI=1S/C22H23N5/c1-2-3-14-27(19-12-10-15-6-4-8-17(23)21(15)25-19)20-13-11-16-7-5-9-18(24)22(16)26-20/h4-13H,2-3,14,23-24H2,1H3. The first-order valence-electron chi connectivity index (χ1n) is 9.25. The van der Waals surface area contributed by atoms with E-state index in [9.17, 15) is 0 Å². The highest BCUT2D eigenvalue weighted by molar-refractivity contribution is 5.92. The van der Waals surface area contributed by atoms with Gasteiger partial charge in [-0.05, 0) is 42.8 Å². The molecule has 0 spiro atoms. The van der Waals surface area contributed by atoms with Crippen molar-refractivity contribution in [2.75, 3.05) is 22.9 Å². The van der Waals surface area contributed by atoms with Crippen LogP contribution < -0.4 is 16.4 Å². The van der Waals surface area contributed by atoms with Crippen LogP contribution in [0.1, 0.15) is 19.8 Å². The molecule has 5 heteroatoms. The van der Waals surface area contributed by atoms with Crippen LogP contribution in [0.15, 0.2) is 60.7 Å². The molecule has 0 atom stereocenters. The minimum atomic E-state index is 0.681. The molecule has 0 aliphatic heterocycles. The number of benzene rings is 2. The van der Waals surface area contributed by atoms with Gasteiger partial charge in [-0.25, -0.2) is 9.97 Å². The van der Waals surface area contributed by atoms with Gasteiger partial charge < -0.3 is 16.4 Å². The summed E-state index contributed by atoms with van der Waals surface area (Å²) in [4.78, 5) is 11.8. The Morgan fingerprint density at radius 1 is 0.741 bits per heavy atom. The molecule has 2 aromatic heterocycles. The fraction of sp³-hybridized carbons (Fsp3) is 0.182. The van der Waals surface area contributed by atoms with Crippen LogP contribution >= 0.6 is 0 Å². The molecule has 0 saturated carbocycles. The summed E-state index contributed by atoms with van der Waals surface area (Å²) in [7, 11) is 0. The highest BCUT2D eigenvalue weighted by Crippen LogP contribution is 2.29. The van der Waals surface area contributed by atoms with Crippen molar-refractivity contribution >= 4 is 44.8 Å². The van der Waals surface area contributed by atoms with Crippen LogP contribution in [0, 0.1) is 0 Å². The van der Waals surface area contributed by atoms with E-state index in [1.54, 1.807) is 0 Å². The fourth-order valence-electron chi connectivity index (χ4n) is 3.28. The molecule has 0 bridgehead atoms. The van der Waals surface area contributed by atoms with Crippen molar-refractivity contribution in [1.29, 1.82) is 0 Å². The van der Waals surface area contributed by atoms with Crippen molar-refractivity contribution in [3.05, 3.63) is 60.7 Å². The Hall–Kier alpha value is -3.34. The number of nitrogen functional groups attached to an aromatic ring is 2. The number of pyridine rings is 2. The van der Waals surface area contributed by atoms with E-state index in [2.05, 4.69) is 24.0 Å². The lowest BCUT2D eigenvalue weighted by molar-refractivity contribution is 0.775. The quantitative estimate of drug-likeness (QED) is 0.497.